The van der Waals surface area contributed by atoms with E-state index in [4.69, 9.17) is 9.53 Å². The maximum absolute atomic E-state index is 10.9. The number of hydrogen-bond acceptors (Lipinski definition) is 2. The molecule has 2 N–H and O–H groups in total. The second-order valence-corrected chi connectivity index (χ2v) is 12.3. The molecule has 0 aliphatic heterocycles. The van der Waals surface area contributed by atoms with Crippen LogP contribution < -0.4 is 5.32 Å². The van der Waals surface area contributed by atoms with Crippen molar-refractivity contribution in [2.24, 2.45) is 5.92 Å². The van der Waals surface area contributed by atoms with Gasteiger partial charge in [0.05, 0.1) is 0 Å². The lowest BCUT2D eigenvalue weighted by molar-refractivity contribution is 0.101. The molecule has 1 rings (SSSR count). The molecule has 3 atom stereocenters. The van der Waals surface area contributed by atoms with E-state index in [1.54, 1.807) is 0 Å². The Morgan fingerprint density at radius 3 is 2.43 bits per heavy atom. The van der Waals surface area contributed by atoms with Gasteiger partial charge in [-0.25, -0.2) is 4.79 Å². The zero-order chi connectivity index (χ0) is 16.3. The van der Waals surface area contributed by atoms with E-state index in [-0.39, 0.29) is 23.1 Å². The third-order valence-corrected chi connectivity index (χ3v) is 9.40. The fourth-order valence-corrected chi connectivity index (χ4v) is 4.06. The molecule has 0 aromatic carbocycles. The molecule has 122 valence electrons. The number of nitrogens with one attached hydrogen (secondary N) is 1. The van der Waals surface area contributed by atoms with Crippen molar-refractivity contribution in [1.82, 2.24) is 5.32 Å². The molecule has 1 saturated carbocycles. The zero-order valence-corrected chi connectivity index (χ0v) is 15.3. The van der Waals surface area contributed by atoms with Crippen LogP contribution in [-0.2, 0) is 4.43 Å². The minimum absolute atomic E-state index is 0.0120. The second-order valence-electron chi connectivity index (χ2n) is 7.56. The molecule has 1 fully saturated rings. The fourth-order valence-electron chi connectivity index (χ4n) is 2.66. The molecule has 21 heavy (non-hydrogen) atoms. The lowest BCUT2D eigenvalue weighted by atomic mass is 9.82. The summed E-state index contributed by atoms with van der Waals surface area (Å²) in [5.41, 5.74) is 0. The second kappa shape index (κ2) is 6.96. The minimum atomic E-state index is -1.76. The third-order valence-electron chi connectivity index (χ3n) is 4.87. The first-order chi connectivity index (χ1) is 9.56. The van der Waals surface area contributed by atoms with Gasteiger partial charge in [-0.2, -0.15) is 0 Å². The predicted molar refractivity (Wildman–Crippen MR) is 89.2 cm³/mol. The van der Waals surface area contributed by atoms with Gasteiger partial charge >= 0.3 is 6.09 Å². The van der Waals surface area contributed by atoms with Gasteiger partial charge in [-0.3, -0.25) is 0 Å². The SMILES string of the molecule is C/C=C\[C@@H]1C[C@H](O[Si](C)(C)C(C)(C)C)CC[C@@H]1NC(=O)O. The highest BCUT2D eigenvalue weighted by Crippen LogP contribution is 2.40. The first-order valence-electron chi connectivity index (χ1n) is 7.87. The van der Waals surface area contributed by atoms with E-state index in [9.17, 15) is 4.79 Å². The van der Waals surface area contributed by atoms with E-state index in [2.05, 4.69) is 45.3 Å². The molecule has 1 amide bonds. The summed E-state index contributed by atoms with van der Waals surface area (Å²) in [6.07, 6.45) is 6.13. The van der Waals surface area contributed by atoms with Gasteiger partial charge in [-0.1, -0.05) is 32.9 Å². The van der Waals surface area contributed by atoms with E-state index in [1.165, 1.54) is 0 Å². The summed E-state index contributed by atoms with van der Waals surface area (Å²) in [5, 5.41) is 11.8. The van der Waals surface area contributed by atoms with E-state index < -0.39 is 14.4 Å². The topological polar surface area (TPSA) is 58.6 Å². The molecule has 4 nitrogen and oxygen atoms in total. The summed E-state index contributed by atoms with van der Waals surface area (Å²) < 4.78 is 6.50. The number of hydrogen-bond donors (Lipinski definition) is 2. The summed E-state index contributed by atoms with van der Waals surface area (Å²) in [6, 6.07) is 0.0120. The van der Waals surface area contributed by atoms with Crippen LogP contribution in [-0.4, -0.2) is 31.7 Å². The number of carbonyl (C=O) groups is 1. The van der Waals surface area contributed by atoms with Gasteiger partial charge < -0.3 is 14.8 Å². The molecule has 0 heterocycles. The number of rotatable bonds is 4. The molecule has 5 heteroatoms. The third kappa shape index (κ3) is 5.15. The average Bonchev–Trinajstić information content (AvgIpc) is 2.30. The lowest BCUT2D eigenvalue weighted by Crippen LogP contribution is -2.49. The molecule has 0 saturated heterocycles. The summed E-state index contributed by atoms with van der Waals surface area (Å²) in [6.45, 7) is 13.3. The first-order valence-corrected chi connectivity index (χ1v) is 10.8. The minimum Gasteiger partial charge on any atom is -0.465 e. The van der Waals surface area contributed by atoms with Crippen LogP contribution in [0.25, 0.3) is 0 Å². The van der Waals surface area contributed by atoms with Gasteiger partial charge in [0.25, 0.3) is 0 Å². The highest BCUT2D eigenvalue weighted by Gasteiger charge is 2.41. The predicted octanol–water partition coefficient (Wildman–Crippen LogP) is 4.39. The smallest absolute Gasteiger partial charge is 0.404 e. The van der Waals surface area contributed by atoms with Crippen molar-refractivity contribution in [1.29, 1.82) is 0 Å². The van der Waals surface area contributed by atoms with E-state index >= 15 is 0 Å². The molecule has 1 aliphatic rings. The molecule has 1 aliphatic carbocycles. The fraction of sp³-hybridized carbons (Fsp3) is 0.812. The number of allylic oxidation sites excluding steroid dienone is 1. The Kier molecular flexibility index (Phi) is 6.05. The quantitative estimate of drug-likeness (QED) is 0.598. The van der Waals surface area contributed by atoms with Gasteiger partial charge in [-0.05, 0) is 50.2 Å². The van der Waals surface area contributed by atoms with Crippen molar-refractivity contribution < 1.29 is 14.3 Å². The summed E-state index contributed by atoms with van der Waals surface area (Å²) in [7, 11) is -1.76. The van der Waals surface area contributed by atoms with Gasteiger partial charge in [0.15, 0.2) is 8.32 Å². The molecular formula is C16H31NO3Si. The molecule has 0 spiro atoms. The molecular weight excluding hydrogens is 282 g/mol. The Morgan fingerprint density at radius 1 is 1.33 bits per heavy atom. The molecule has 0 aromatic heterocycles. The van der Waals surface area contributed by atoms with Gasteiger partial charge in [0, 0.05) is 12.1 Å². The Hall–Kier alpha value is -0.813. The van der Waals surface area contributed by atoms with Crippen molar-refractivity contribution in [2.45, 2.75) is 77.2 Å². The molecule has 0 radical (unpaired) electrons. The largest absolute Gasteiger partial charge is 0.465 e. The normalized spacial score (nSPS) is 27.8. The number of carboxylic acid groups (broad SMARTS) is 1. The maximum Gasteiger partial charge on any atom is 0.404 e. The number of amides is 1. The molecule has 0 aromatic rings. The Bertz CT molecular complexity index is 387. The van der Waals surface area contributed by atoms with Crippen molar-refractivity contribution in [3.05, 3.63) is 12.2 Å². The summed E-state index contributed by atoms with van der Waals surface area (Å²) in [4.78, 5) is 10.9. The van der Waals surface area contributed by atoms with Crippen molar-refractivity contribution in [3.8, 4) is 0 Å². The lowest BCUT2D eigenvalue weighted by Gasteiger charge is -2.43. The van der Waals surface area contributed by atoms with Crippen LogP contribution >= 0.6 is 0 Å². The Balaban J connectivity index is 2.72. The van der Waals surface area contributed by atoms with Crippen LogP contribution in [0.3, 0.4) is 0 Å². The molecule has 0 bridgehead atoms. The zero-order valence-electron chi connectivity index (χ0n) is 14.3. The Labute approximate surface area is 130 Å². The highest BCUT2D eigenvalue weighted by atomic mass is 28.4. The summed E-state index contributed by atoms with van der Waals surface area (Å²) >= 11 is 0. The van der Waals surface area contributed by atoms with Gasteiger partial charge in [0.2, 0.25) is 0 Å². The average molecular weight is 314 g/mol. The van der Waals surface area contributed by atoms with E-state index in [0.717, 1.165) is 19.3 Å². The van der Waals surface area contributed by atoms with E-state index in [0.29, 0.717) is 0 Å². The van der Waals surface area contributed by atoms with Crippen LogP contribution in [0.15, 0.2) is 12.2 Å². The molecule has 0 unspecified atom stereocenters. The Morgan fingerprint density at radius 2 is 1.95 bits per heavy atom. The van der Waals surface area contributed by atoms with Crippen molar-refractivity contribution in [3.63, 3.8) is 0 Å². The first kappa shape index (κ1) is 18.2. The maximum atomic E-state index is 10.9. The van der Waals surface area contributed by atoms with Crippen molar-refractivity contribution in [2.75, 3.05) is 0 Å². The van der Waals surface area contributed by atoms with Crippen LogP contribution in [0.1, 0.15) is 47.0 Å². The van der Waals surface area contributed by atoms with Crippen LogP contribution in [0, 0.1) is 5.92 Å². The van der Waals surface area contributed by atoms with E-state index in [1.807, 2.05) is 13.0 Å². The summed E-state index contributed by atoms with van der Waals surface area (Å²) in [5.74, 6) is 0.231. The van der Waals surface area contributed by atoms with Crippen molar-refractivity contribution >= 4 is 14.4 Å². The van der Waals surface area contributed by atoms with Gasteiger partial charge in [-0.15, -0.1) is 0 Å². The van der Waals surface area contributed by atoms with Crippen LogP contribution in [0.2, 0.25) is 18.1 Å². The monoisotopic (exact) mass is 313 g/mol. The van der Waals surface area contributed by atoms with Crippen LogP contribution in [0.4, 0.5) is 4.79 Å². The van der Waals surface area contributed by atoms with Crippen LogP contribution in [0.5, 0.6) is 0 Å². The van der Waals surface area contributed by atoms with Gasteiger partial charge in [0.1, 0.15) is 0 Å². The highest BCUT2D eigenvalue weighted by molar-refractivity contribution is 6.74. The standard InChI is InChI=1S/C16H31NO3Si/c1-7-8-12-11-13(9-10-14(12)17-15(18)19)20-21(5,6)16(2,3)4/h7-8,12-14,17H,9-11H2,1-6H3,(H,18,19)/b8-7-/t12-,13-,14+/m1/s1.